The van der Waals surface area contributed by atoms with Crippen LogP contribution in [-0.2, 0) is 14.8 Å². The van der Waals surface area contributed by atoms with Crippen LogP contribution in [0.15, 0.2) is 0 Å². The average Bonchev–Trinajstić information content (AvgIpc) is 2.47. The Morgan fingerprint density at radius 2 is 1.62 bits per heavy atom. The lowest BCUT2D eigenvalue weighted by Crippen LogP contribution is -2.45. The predicted molar refractivity (Wildman–Crippen MR) is 60.3 cm³/mol. The van der Waals surface area contributed by atoms with Gasteiger partial charge in [-0.15, -0.1) is 0 Å². The van der Waals surface area contributed by atoms with Gasteiger partial charge < -0.3 is 4.90 Å². The summed E-state index contributed by atoms with van der Waals surface area (Å²) in [6, 6.07) is 0. The molecule has 6 heteroatoms. The van der Waals surface area contributed by atoms with Gasteiger partial charge in [-0.05, 0) is 19.3 Å². The van der Waals surface area contributed by atoms with E-state index in [-0.39, 0.29) is 11.3 Å². The van der Waals surface area contributed by atoms with Crippen LogP contribution in [-0.4, -0.2) is 56.5 Å². The Kier molecular flexibility index (Phi) is 2.74. The van der Waals surface area contributed by atoms with Gasteiger partial charge in [0.1, 0.15) is 0 Å². The van der Waals surface area contributed by atoms with Gasteiger partial charge in [0.25, 0.3) is 0 Å². The van der Waals surface area contributed by atoms with E-state index in [1.54, 1.807) is 4.90 Å². The van der Waals surface area contributed by atoms with Crippen molar-refractivity contribution in [2.45, 2.75) is 19.3 Å². The van der Waals surface area contributed by atoms with Gasteiger partial charge in [-0.2, -0.15) is 0 Å². The summed E-state index contributed by atoms with van der Waals surface area (Å²) in [6.07, 6.45) is 3.44. The van der Waals surface area contributed by atoms with Gasteiger partial charge in [0, 0.05) is 26.7 Å². The number of hydrogen-bond acceptors (Lipinski definition) is 3. The van der Waals surface area contributed by atoms with E-state index < -0.39 is 10.0 Å². The van der Waals surface area contributed by atoms with Gasteiger partial charge >= 0.3 is 0 Å². The number of piperidine rings is 1. The first-order chi connectivity index (χ1) is 7.35. The summed E-state index contributed by atoms with van der Waals surface area (Å²) < 4.78 is 24.2. The van der Waals surface area contributed by atoms with E-state index >= 15 is 0 Å². The molecule has 16 heavy (non-hydrogen) atoms. The van der Waals surface area contributed by atoms with Crippen LogP contribution in [0.5, 0.6) is 0 Å². The molecule has 0 aromatic carbocycles. The van der Waals surface area contributed by atoms with Gasteiger partial charge in [-0.3, -0.25) is 4.79 Å². The first-order valence-corrected chi connectivity index (χ1v) is 7.41. The molecule has 5 nitrogen and oxygen atoms in total. The quantitative estimate of drug-likeness (QED) is 0.648. The van der Waals surface area contributed by atoms with E-state index in [0.717, 1.165) is 13.0 Å². The largest absolute Gasteiger partial charge is 0.345 e. The molecule has 1 spiro atoms. The summed E-state index contributed by atoms with van der Waals surface area (Å²) in [5, 5.41) is 0. The predicted octanol–water partition coefficient (Wildman–Crippen LogP) is -0.110. The highest BCUT2D eigenvalue weighted by molar-refractivity contribution is 7.88. The maximum atomic E-state index is 12.0. The van der Waals surface area contributed by atoms with Crippen LogP contribution >= 0.6 is 0 Å². The van der Waals surface area contributed by atoms with Crippen molar-refractivity contribution >= 4 is 15.9 Å². The summed E-state index contributed by atoms with van der Waals surface area (Å²) in [6.45, 7) is 1.77. The number of amides is 1. The Hall–Kier alpha value is -0.620. The zero-order valence-corrected chi connectivity index (χ0v) is 10.6. The summed E-state index contributed by atoms with van der Waals surface area (Å²) in [4.78, 5) is 13.8. The van der Waals surface area contributed by atoms with Crippen molar-refractivity contribution in [1.82, 2.24) is 9.21 Å². The molecule has 0 aromatic heterocycles. The number of sulfonamides is 1. The Morgan fingerprint density at radius 1 is 1.12 bits per heavy atom. The average molecular weight is 246 g/mol. The van der Waals surface area contributed by atoms with Crippen LogP contribution in [0.25, 0.3) is 0 Å². The highest BCUT2D eigenvalue weighted by Crippen LogP contribution is 2.41. The normalized spacial score (nSPS) is 26.6. The molecule has 0 saturated carbocycles. The Bertz CT molecular complexity index is 396. The highest BCUT2D eigenvalue weighted by atomic mass is 32.2. The van der Waals surface area contributed by atoms with Crippen molar-refractivity contribution in [2.24, 2.45) is 5.41 Å². The standard InChI is InChI=1S/C10H18N2O3S/c1-11-6-3-10(9(11)13)4-7-12(8-5-10)16(2,14)15/h3-8H2,1-2H3. The molecular weight excluding hydrogens is 228 g/mol. The molecule has 2 fully saturated rings. The minimum Gasteiger partial charge on any atom is -0.345 e. The molecule has 0 aromatic rings. The van der Waals surface area contributed by atoms with Crippen LogP contribution in [0, 0.1) is 5.41 Å². The highest BCUT2D eigenvalue weighted by Gasteiger charge is 2.47. The molecule has 0 N–H and O–H groups in total. The minimum absolute atomic E-state index is 0.195. The van der Waals surface area contributed by atoms with Crippen molar-refractivity contribution < 1.29 is 13.2 Å². The molecule has 2 saturated heterocycles. The first-order valence-electron chi connectivity index (χ1n) is 5.56. The van der Waals surface area contributed by atoms with Crippen LogP contribution in [0.1, 0.15) is 19.3 Å². The third-order valence-electron chi connectivity index (χ3n) is 3.87. The SMILES string of the molecule is CN1CCC2(CCN(S(C)(=O)=O)CC2)C1=O. The number of carbonyl (C=O) groups is 1. The smallest absolute Gasteiger partial charge is 0.228 e. The number of likely N-dealkylation sites (tertiary alicyclic amines) is 1. The summed E-state index contributed by atoms with van der Waals surface area (Å²) in [5.41, 5.74) is -0.268. The summed E-state index contributed by atoms with van der Waals surface area (Å²) in [7, 11) is -1.28. The summed E-state index contributed by atoms with van der Waals surface area (Å²) >= 11 is 0. The maximum Gasteiger partial charge on any atom is 0.228 e. The molecule has 0 unspecified atom stereocenters. The van der Waals surface area contributed by atoms with Gasteiger partial charge in [0.05, 0.1) is 11.7 Å². The third kappa shape index (κ3) is 1.84. The van der Waals surface area contributed by atoms with Crippen molar-refractivity contribution in [3.63, 3.8) is 0 Å². The fourth-order valence-electron chi connectivity index (χ4n) is 2.70. The van der Waals surface area contributed by atoms with Crippen molar-refractivity contribution in [3.8, 4) is 0 Å². The molecule has 0 radical (unpaired) electrons. The Labute approximate surface area is 96.5 Å². The van der Waals surface area contributed by atoms with Gasteiger partial charge in [0.2, 0.25) is 15.9 Å². The Morgan fingerprint density at radius 3 is 2.00 bits per heavy atom. The van der Waals surface area contributed by atoms with Crippen molar-refractivity contribution in [3.05, 3.63) is 0 Å². The number of carbonyl (C=O) groups excluding carboxylic acids is 1. The second-order valence-electron chi connectivity index (χ2n) is 4.92. The van der Waals surface area contributed by atoms with E-state index in [1.165, 1.54) is 10.6 Å². The maximum absolute atomic E-state index is 12.0. The molecule has 92 valence electrons. The zero-order valence-electron chi connectivity index (χ0n) is 9.77. The third-order valence-corrected chi connectivity index (χ3v) is 5.18. The molecule has 1 amide bonds. The second-order valence-corrected chi connectivity index (χ2v) is 6.90. The number of hydrogen-bond donors (Lipinski definition) is 0. The van der Waals surface area contributed by atoms with Crippen molar-refractivity contribution in [2.75, 3.05) is 32.9 Å². The van der Waals surface area contributed by atoms with Gasteiger partial charge in [-0.25, -0.2) is 12.7 Å². The van der Waals surface area contributed by atoms with Crippen LogP contribution in [0.4, 0.5) is 0 Å². The molecule has 0 aliphatic carbocycles. The van der Waals surface area contributed by atoms with E-state index in [2.05, 4.69) is 0 Å². The van der Waals surface area contributed by atoms with Crippen LogP contribution < -0.4 is 0 Å². The molecule has 0 bridgehead atoms. The zero-order chi connectivity index (χ0) is 12.0. The lowest BCUT2D eigenvalue weighted by molar-refractivity contribution is -0.136. The fourth-order valence-corrected chi connectivity index (χ4v) is 3.55. The minimum atomic E-state index is -3.09. The summed E-state index contributed by atoms with van der Waals surface area (Å²) in [5.74, 6) is 0.195. The van der Waals surface area contributed by atoms with E-state index in [1.807, 2.05) is 7.05 Å². The van der Waals surface area contributed by atoms with Crippen molar-refractivity contribution in [1.29, 1.82) is 0 Å². The molecular formula is C10H18N2O3S. The topological polar surface area (TPSA) is 57.7 Å². The Balaban J connectivity index is 2.08. The molecule has 2 heterocycles. The van der Waals surface area contributed by atoms with E-state index in [0.29, 0.717) is 25.9 Å². The monoisotopic (exact) mass is 246 g/mol. The van der Waals surface area contributed by atoms with Gasteiger partial charge in [-0.1, -0.05) is 0 Å². The number of nitrogens with zero attached hydrogens (tertiary/aromatic N) is 2. The number of rotatable bonds is 1. The second kappa shape index (κ2) is 3.70. The lowest BCUT2D eigenvalue weighted by Gasteiger charge is -2.36. The molecule has 0 atom stereocenters. The van der Waals surface area contributed by atoms with Crippen LogP contribution in [0.3, 0.4) is 0 Å². The molecule has 2 aliphatic heterocycles. The molecule has 2 aliphatic rings. The van der Waals surface area contributed by atoms with E-state index in [9.17, 15) is 13.2 Å². The fraction of sp³-hybridized carbons (Fsp3) is 0.900. The van der Waals surface area contributed by atoms with Gasteiger partial charge in [0.15, 0.2) is 0 Å². The first kappa shape index (κ1) is 11.9. The molecule has 2 rings (SSSR count). The van der Waals surface area contributed by atoms with Crippen LogP contribution in [0.2, 0.25) is 0 Å². The van der Waals surface area contributed by atoms with E-state index in [4.69, 9.17) is 0 Å². The lowest BCUT2D eigenvalue weighted by atomic mass is 9.78.